The van der Waals surface area contributed by atoms with Gasteiger partial charge in [0.15, 0.2) is 17.2 Å². The molecule has 2 aromatic carbocycles. The van der Waals surface area contributed by atoms with Crippen LogP contribution in [-0.4, -0.2) is 29.1 Å². The molecule has 1 amide bonds. The van der Waals surface area contributed by atoms with E-state index in [1.165, 1.54) is 6.26 Å². The van der Waals surface area contributed by atoms with Gasteiger partial charge >= 0.3 is 0 Å². The van der Waals surface area contributed by atoms with Crippen molar-refractivity contribution in [2.75, 3.05) is 13.3 Å². The van der Waals surface area contributed by atoms with Gasteiger partial charge in [0.25, 0.3) is 5.91 Å². The van der Waals surface area contributed by atoms with E-state index >= 15 is 0 Å². The highest BCUT2D eigenvalue weighted by atomic mass is 35.5. The summed E-state index contributed by atoms with van der Waals surface area (Å²) >= 11 is 6.38. The van der Waals surface area contributed by atoms with Gasteiger partial charge in [-0.1, -0.05) is 35.9 Å². The number of aromatic nitrogens is 1. The van der Waals surface area contributed by atoms with Crippen LogP contribution in [0.25, 0.3) is 0 Å². The number of benzene rings is 2. The van der Waals surface area contributed by atoms with E-state index in [9.17, 15) is 4.79 Å². The summed E-state index contributed by atoms with van der Waals surface area (Å²) in [4.78, 5) is 18.5. The van der Waals surface area contributed by atoms with Crippen molar-refractivity contribution >= 4 is 17.5 Å². The maximum Gasteiger partial charge on any atom is 0.273 e. The number of halogens is 1. The maximum absolute atomic E-state index is 12.0. The summed E-state index contributed by atoms with van der Waals surface area (Å²) < 4.78 is 16.4. The average molecular weight is 428 g/mol. The molecule has 0 spiro atoms. The molecule has 1 aliphatic heterocycles. The highest BCUT2D eigenvalue weighted by Crippen LogP contribution is 2.33. The van der Waals surface area contributed by atoms with E-state index in [0.29, 0.717) is 37.1 Å². The summed E-state index contributed by atoms with van der Waals surface area (Å²) in [5, 5.41) is 3.42. The van der Waals surface area contributed by atoms with Crippen LogP contribution in [0.15, 0.2) is 53.1 Å². The van der Waals surface area contributed by atoms with E-state index in [4.69, 9.17) is 25.5 Å². The van der Waals surface area contributed by atoms with Crippen molar-refractivity contribution in [1.82, 2.24) is 15.2 Å². The van der Waals surface area contributed by atoms with E-state index in [0.717, 1.165) is 22.6 Å². The van der Waals surface area contributed by atoms with E-state index in [1.54, 1.807) is 0 Å². The number of rotatable bonds is 8. The van der Waals surface area contributed by atoms with Crippen LogP contribution in [0.4, 0.5) is 0 Å². The third kappa shape index (κ3) is 4.75. The largest absolute Gasteiger partial charge is 0.454 e. The molecule has 1 aromatic heterocycles. The third-order valence-electron chi connectivity index (χ3n) is 4.68. The van der Waals surface area contributed by atoms with E-state index < -0.39 is 0 Å². The standard InChI is InChI=1S/C22H22ClN3O4/c1-2-24-22(27)18-13-28-21(25-18)12-26(11-16-5-3-4-6-17(16)23)10-15-7-8-19-20(9-15)30-14-29-19/h3-9,13H,2,10-12,14H2,1H3,(H,24,27). The van der Waals surface area contributed by atoms with Crippen LogP contribution in [0, 0.1) is 0 Å². The number of oxazole rings is 1. The quantitative estimate of drug-likeness (QED) is 0.585. The number of amides is 1. The number of nitrogens with one attached hydrogen (secondary N) is 1. The van der Waals surface area contributed by atoms with Crippen molar-refractivity contribution in [3.05, 3.63) is 76.5 Å². The predicted molar refractivity (Wildman–Crippen MR) is 111 cm³/mol. The molecule has 156 valence electrons. The molecule has 0 atom stereocenters. The zero-order chi connectivity index (χ0) is 20.9. The smallest absolute Gasteiger partial charge is 0.273 e. The number of carbonyl (C=O) groups is 1. The average Bonchev–Trinajstić information content (AvgIpc) is 3.39. The number of fused-ring (bicyclic) bond motifs is 1. The Morgan fingerprint density at radius 1 is 1.13 bits per heavy atom. The van der Waals surface area contributed by atoms with Gasteiger partial charge in [-0.05, 0) is 36.2 Å². The molecule has 7 nitrogen and oxygen atoms in total. The van der Waals surface area contributed by atoms with Gasteiger partial charge in [0.2, 0.25) is 12.7 Å². The highest BCUT2D eigenvalue weighted by Gasteiger charge is 2.18. The molecule has 0 aliphatic carbocycles. The van der Waals surface area contributed by atoms with Crippen LogP contribution < -0.4 is 14.8 Å². The second-order valence-electron chi connectivity index (χ2n) is 6.91. The number of ether oxygens (including phenoxy) is 2. The molecule has 0 fully saturated rings. The first kappa shape index (κ1) is 20.3. The number of nitrogens with zero attached hydrogens (tertiary/aromatic N) is 2. The minimum absolute atomic E-state index is 0.237. The first-order valence-corrected chi connectivity index (χ1v) is 10.1. The lowest BCUT2D eigenvalue weighted by Gasteiger charge is -2.21. The van der Waals surface area contributed by atoms with Crippen molar-refractivity contribution in [3.8, 4) is 11.5 Å². The fourth-order valence-corrected chi connectivity index (χ4v) is 3.46. The summed E-state index contributed by atoms with van der Waals surface area (Å²) in [7, 11) is 0. The molecular formula is C22H22ClN3O4. The Hall–Kier alpha value is -3.03. The van der Waals surface area contributed by atoms with Gasteiger partial charge in [0.1, 0.15) is 6.26 Å². The summed E-state index contributed by atoms with van der Waals surface area (Å²) in [5.41, 5.74) is 2.32. The zero-order valence-corrected chi connectivity index (χ0v) is 17.3. The Morgan fingerprint density at radius 3 is 2.80 bits per heavy atom. The number of hydrogen-bond donors (Lipinski definition) is 1. The van der Waals surface area contributed by atoms with Crippen LogP contribution in [0.5, 0.6) is 11.5 Å². The molecule has 0 bridgehead atoms. The molecule has 0 saturated carbocycles. The molecule has 1 N–H and O–H groups in total. The maximum atomic E-state index is 12.0. The molecule has 8 heteroatoms. The Labute approximate surface area is 179 Å². The van der Waals surface area contributed by atoms with E-state index in [1.807, 2.05) is 49.4 Å². The summed E-state index contributed by atoms with van der Waals surface area (Å²) in [6.07, 6.45) is 1.38. The summed E-state index contributed by atoms with van der Waals surface area (Å²) in [6, 6.07) is 13.6. The molecule has 0 radical (unpaired) electrons. The number of carbonyl (C=O) groups excluding carboxylic acids is 1. The van der Waals surface area contributed by atoms with E-state index in [2.05, 4.69) is 15.2 Å². The molecule has 30 heavy (non-hydrogen) atoms. The predicted octanol–water partition coefficient (Wildman–Crippen LogP) is 4.01. The Bertz CT molecular complexity index is 1040. The SMILES string of the molecule is CCNC(=O)c1coc(CN(Cc2ccc3c(c2)OCO3)Cc2ccccc2Cl)n1. The fourth-order valence-electron chi connectivity index (χ4n) is 3.26. The lowest BCUT2D eigenvalue weighted by molar-refractivity contribution is 0.0950. The Balaban J connectivity index is 1.54. The number of hydrogen-bond acceptors (Lipinski definition) is 6. The lowest BCUT2D eigenvalue weighted by Crippen LogP contribution is -2.24. The first-order chi connectivity index (χ1) is 14.6. The molecule has 4 rings (SSSR count). The minimum Gasteiger partial charge on any atom is -0.454 e. The van der Waals surface area contributed by atoms with Crippen LogP contribution in [0.3, 0.4) is 0 Å². The molecule has 0 saturated heterocycles. The second-order valence-corrected chi connectivity index (χ2v) is 7.32. The minimum atomic E-state index is -0.249. The van der Waals surface area contributed by atoms with Crippen molar-refractivity contribution in [1.29, 1.82) is 0 Å². The fraction of sp³-hybridized carbons (Fsp3) is 0.273. The van der Waals surface area contributed by atoms with Gasteiger partial charge in [-0.2, -0.15) is 0 Å². The normalized spacial score (nSPS) is 12.4. The van der Waals surface area contributed by atoms with Crippen molar-refractivity contribution in [2.45, 2.75) is 26.6 Å². The summed E-state index contributed by atoms with van der Waals surface area (Å²) in [6.45, 7) is 4.24. The van der Waals surface area contributed by atoms with Crippen LogP contribution in [0.2, 0.25) is 5.02 Å². The van der Waals surface area contributed by atoms with Crippen LogP contribution in [0.1, 0.15) is 34.4 Å². The Kier molecular flexibility index (Phi) is 6.21. The topological polar surface area (TPSA) is 76.8 Å². The molecule has 0 unspecified atom stereocenters. The Morgan fingerprint density at radius 2 is 1.97 bits per heavy atom. The lowest BCUT2D eigenvalue weighted by atomic mass is 10.1. The molecule has 1 aliphatic rings. The summed E-state index contributed by atoms with van der Waals surface area (Å²) in [5.74, 6) is 1.69. The zero-order valence-electron chi connectivity index (χ0n) is 16.6. The van der Waals surface area contributed by atoms with Crippen LogP contribution in [-0.2, 0) is 19.6 Å². The molecule has 2 heterocycles. The van der Waals surface area contributed by atoms with Crippen molar-refractivity contribution < 1.29 is 18.7 Å². The first-order valence-electron chi connectivity index (χ1n) is 9.69. The van der Waals surface area contributed by atoms with Gasteiger partial charge < -0.3 is 19.2 Å². The van der Waals surface area contributed by atoms with Crippen molar-refractivity contribution in [2.24, 2.45) is 0 Å². The monoisotopic (exact) mass is 427 g/mol. The highest BCUT2D eigenvalue weighted by molar-refractivity contribution is 6.31. The van der Waals surface area contributed by atoms with E-state index in [-0.39, 0.29) is 18.4 Å². The van der Waals surface area contributed by atoms with Gasteiger partial charge in [-0.3, -0.25) is 9.69 Å². The van der Waals surface area contributed by atoms with Crippen LogP contribution >= 0.6 is 11.6 Å². The third-order valence-corrected chi connectivity index (χ3v) is 5.04. The van der Waals surface area contributed by atoms with Gasteiger partial charge in [-0.25, -0.2) is 4.98 Å². The van der Waals surface area contributed by atoms with Gasteiger partial charge in [0.05, 0.1) is 6.54 Å². The molecular weight excluding hydrogens is 406 g/mol. The van der Waals surface area contributed by atoms with Gasteiger partial charge in [-0.15, -0.1) is 0 Å². The van der Waals surface area contributed by atoms with Gasteiger partial charge in [0, 0.05) is 24.7 Å². The molecule has 3 aromatic rings. The van der Waals surface area contributed by atoms with Crippen molar-refractivity contribution in [3.63, 3.8) is 0 Å². The second kappa shape index (κ2) is 9.19.